The van der Waals surface area contributed by atoms with Crippen LogP contribution in [0, 0.1) is 17.0 Å². The van der Waals surface area contributed by atoms with Gasteiger partial charge < -0.3 is 4.98 Å². The lowest BCUT2D eigenvalue weighted by Crippen LogP contribution is -2.42. The number of nitro groups is 1. The molecule has 10 heteroatoms. The zero-order valence-electron chi connectivity index (χ0n) is 16.0. The first-order valence-corrected chi connectivity index (χ1v) is 9.97. The Hall–Kier alpha value is -3.66. The molecule has 0 radical (unpaired) electrons. The van der Waals surface area contributed by atoms with Crippen LogP contribution in [0.15, 0.2) is 59.8 Å². The summed E-state index contributed by atoms with van der Waals surface area (Å²) in [5.74, 6) is -0.922. The number of hydrogen-bond donors (Lipinski definition) is 3. The Morgan fingerprint density at radius 1 is 1.10 bits per heavy atom. The van der Waals surface area contributed by atoms with E-state index in [0.29, 0.717) is 11.6 Å². The van der Waals surface area contributed by atoms with Crippen molar-refractivity contribution < 1.29 is 14.5 Å². The van der Waals surface area contributed by atoms with Crippen molar-refractivity contribution in [2.45, 2.75) is 18.5 Å². The number of nitrogens with zero attached hydrogens (tertiary/aromatic N) is 2. The first kappa shape index (κ1) is 21.1. The van der Waals surface area contributed by atoms with Crippen molar-refractivity contribution in [3.8, 4) is 0 Å². The van der Waals surface area contributed by atoms with Crippen LogP contribution in [0.1, 0.15) is 27.3 Å². The molecule has 3 aromatic rings. The number of thioether (sulfide) groups is 1. The minimum atomic E-state index is -0.567. The van der Waals surface area contributed by atoms with Gasteiger partial charge in [0.1, 0.15) is 0 Å². The largest absolute Gasteiger partial charge is 0.337 e. The van der Waals surface area contributed by atoms with Gasteiger partial charge in [0.2, 0.25) is 5.91 Å². The van der Waals surface area contributed by atoms with Crippen LogP contribution >= 0.6 is 11.8 Å². The number of nitrogens with one attached hydrogen (secondary N) is 3. The summed E-state index contributed by atoms with van der Waals surface area (Å²) >= 11 is 1.22. The Morgan fingerprint density at radius 3 is 2.47 bits per heavy atom. The van der Waals surface area contributed by atoms with E-state index in [1.807, 2.05) is 37.3 Å². The number of aromatic nitrogens is 2. The number of amides is 2. The third-order valence-corrected chi connectivity index (χ3v) is 5.05. The second kappa shape index (κ2) is 9.70. The molecule has 30 heavy (non-hydrogen) atoms. The number of rotatable bonds is 7. The lowest BCUT2D eigenvalue weighted by atomic mass is 10.1. The van der Waals surface area contributed by atoms with Gasteiger partial charge in [0.15, 0.2) is 5.16 Å². The normalized spacial score (nSPS) is 10.4. The molecule has 0 fully saturated rings. The highest BCUT2D eigenvalue weighted by Gasteiger charge is 2.12. The maximum Gasteiger partial charge on any atom is 0.269 e. The highest BCUT2D eigenvalue weighted by atomic mass is 32.2. The highest BCUT2D eigenvalue weighted by molar-refractivity contribution is 7.99. The number of carbonyl (C=O) groups excluding carboxylic acids is 2. The number of aryl methyl sites for hydroxylation is 1. The summed E-state index contributed by atoms with van der Waals surface area (Å²) in [7, 11) is 0. The third kappa shape index (κ3) is 5.67. The first-order valence-electron chi connectivity index (χ1n) is 8.98. The van der Waals surface area contributed by atoms with Crippen LogP contribution in [0.2, 0.25) is 0 Å². The number of aromatic amines is 1. The number of H-pyrrole nitrogens is 1. The fourth-order valence-electron chi connectivity index (χ4n) is 2.60. The number of non-ortho nitro benzene ring substituents is 1. The molecule has 2 aromatic carbocycles. The molecule has 3 N–H and O–H groups in total. The zero-order chi connectivity index (χ0) is 21.5. The Morgan fingerprint density at radius 2 is 1.80 bits per heavy atom. The second-order valence-electron chi connectivity index (χ2n) is 6.37. The molecule has 0 spiro atoms. The molecule has 0 saturated carbocycles. The van der Waals surface area contributed by atoms with Gasteiger partial charge in [-0.2, -0.15) is 0 Å². The topological polar surface area (TPSA) is 130 Å². The average Bonchev–Trinajstić information content (AvgIpc) is 3.10. The van der Waals surface area contributed by atoms with Gasteiger partial charge in [-0.25, -0.2) is 4.98 Å². The predicted molar refractivity (Wildman–Crippen MR) is 112 cm³/mol. The van der Waals surface area contributed by atoms with Crippen molar-refractivity contribution in [3.05, 3.63) is 87.2 Å². The van der Waals surface area contributed by atoms with Crippen LogP contribution in [-0.4, -0.2) is 32.5 Å². The van der Waals surface area contributed by atoms with Gasteiger partial charge in [-0.1, -0.05) is 42.1 Å². The maximum absolute atomic E-state index is 12.0. The van der Waals surface area contributed by atoms with E-state index in [9.17, 15) is 19.7 Å². The molecule has 2 amide bonds. The third-order valence-electron chi connectivity index (χ3n) is 4.17. The molecule has 0 aliphatic rings. The van der Waals surface area contributed by atoms with Gasteiger partial charge in [0.25, 0.3) is 11.6 Å². The van der Waals surface area contributed by atoms with Crippen molar-refractivity contribution >= 4 is 29.3 Å². The molecule has 0 aliphatic carbocycles. The molecular weight excluding hydrogens is 406 g/mol. The summed E-state index contributed by atoms with van der Waals surface area (Å²) < 4.78 is 0. The molecule has 1 heterocycles. The molecule has 3 rings (SSSR count). The molecular formula is C20H19N5O4S. The van der Waals surface area contributed by atoms with E-state index >= 15 is 0 Å². The number of imidazole rings is 1. The minimum absolute atomic E-state index is 0.0538. The molecule has 154 valence electrons. The smallest absolute Gasteiger partial charge is 0.269 e. The maximum atomic E-state index is 12.0. The van der Waals surface area contributed by atoms with Crippen molar-refractivity contribution in [1.82, 2.24) is 20.8 Å². The average molecular weight is 425 g/mol. The van der Waals surface area contributed by atoms with E-state index in [4.69, 9.17) is 0 Å². The van der Waals surface area contributed by atoms with Crippen LogP contribution in [-0.2, 0) is 11.2 Å². The number of hydrazine groups is 1. The summed E-state index contributed by atoms with van der Waals surface area (Å²) in [5, 5.41) is 11.3. The number of hydrogen-bond acceptors (Lipinski definition) is 6. The molecule has 1 aromatic heterocycles. The molecule has 9 nitrogen and oxygen atoms in total. The molecule has 0 bridgehead atoms. The predicted octanol–water partition coefficient (Wildman–Crippen LogP) is 2.77. The van der Waals surface area contributed by atoms with Gasteiger partial charge in [-0.15, -0.1) is 0 Å². The van der Waals surface area contributed by atoms with Gasteiger partial charge in [0.05, 0.1) is 16.4 Å². The number of carbonyl (C=O) groups is 2. The Labute approximate surface area is 176 Å². The second-order valence-corrected chi connectivity index (χ2v) is 7.34. The van der Waals surface area contributed by atoms with Crippen LogP contribution < -0.4 is 10.9 Å². The molecule has 0 atom stereocenters. The van der Waals surface area contributed by atoms with E-state index in [1.54, 1.807) is 0 Å². The van der Waals surface area contributed by atoms with E-state index in [0.717, 1.165) is 17.0 Å². The summed E-state index contributed by atoms with van der Waals surface area (Å²) in [6.07, 6.45) is 0.696. The lowest BCUT2D eigenvalue weighted by Gasteiger charge is -2.06. The van der Waals surface area contributed by atoms with Crippen LogP contribution in [0.25, 0.3) is 0 Å². The number of nitro benzene ring substituents is 1. The van der Waals surface area contributed by atoms with Crippen molar-refractivity contribution in [2.75, 3.05) is 5.75 Å². The van der Waals surface area contributed by atoms with Crippen molar-refractivity contribution in [1.29, 1.82) is 0 Å². The van der Waals surface area contributed by atoms with Crippen LogP contribution in [0.3, 0.4) is 0 Å². The van der Waals surface area contributed by atoms with Gasteiger partial charge in [-0.05, 0) is 24.6 Å². The van der Waals surface area contributed by atoms with Gasteiger partial charge in [0, 0.05) is 29.8 Å². The zero-order valence-corrected chi connectivity index (χ0v) is 16.9. The monoisotopic (exact) mass is 425 g/mol. The van der Waals surface area contributed by atoms with Crippen LogP contribution in [0.5, 0.6) is 0 Å². The minimum Gasteiger partial charge on any atom is -0.337 e. The van der Waals surface area contributed by atoms with E-state index < -0.39 is 16.7 Å². The summed E-state index contributed by atoms with van der Waals surface area (Å²) in [4.78, 5) is 41.8. The molecule has 0 unspecified atom stereocenters. The Kier molecular flexibility index (Phi) is 6.81. The summed E-state index contributed by atoms with van der Waals surface area (Å²) in [5.41, 5.74) is 7.67. The first-order chi connectivity index (χ1) is 14.4. The molecule has 0 saturated heterocycles. The van der Waals surface area contributed by atoms with E-state index in [-0.39, 0.29) is 17.0 Å². The van der Waals surface area contributed by atoms with Crippen LogP contribution in [0.4, 0.5) is 5.69 Å². The Bertz CT molecular complexity index is 1050. The summed E-state index contributed by atoms with van der Waals surface area (Å²) in [6, 6.07) is 15.0. The SMILES string of the molecule is Cc1[nH]c(SCC(=O)NNC(=O)c2ccc([N+](=O)[O-])cc2)nc1Cc1ccccc1. The van der Waals surface area contributed by atoms with Gasteiger partial charge in [-0.3, -0.25) is 30.6 Å². The lowest BCUT2D eigenvalue weighted by molar-refractivity contribution is -0.384. The Balaban J connectivity index is 1.47. The van der Waals surface area contributed by atoms with Gasteiger partial charge >= 0.3 is 0 Å². The van der Waals surface area contributed by atoms with E-state index in [1.165, 1.54) is 36.0 Å². The number of benzene rings is 2. The van der Waals surface area contributed by atoms with E-state index in [2.05, 4.69) is 20.8 Å². The quantitative estimate of drug-likeness (QED) is 0.303. The standard InChI is InChI=1S/C20H19N5O4S/c1-13-17(11-14-5-3-2-4-6-14)22-20(21-13)30-12-18(26)23-24-19(27)15-7-9-16(10-8-15)25(28)29/h2-10H,11-12H2,1H3,(H,21,22)(H,23,26)(H,24,27). The highest BCUT2D eigenvalue weighted by Crippen LogP contribution is 2.18. The fraction of sp³-hybridized carbons (Fsp3) is 0.150. The molecule has 0 aliphatic heterocycles. The summed E-state index contributed by atoms with van der Waals surface area (Å²) in [6.45, 7) is 1.93. The van der Waals surface area contributed by atoms with Crippen molar-refractivity contribution in [3.63, 3.8) is 0 Å². The van der Waals surface area contributed by atoms with Crippen molar-refractivity contribution in [2.24, 2.45) is 0 Å². The fourth-order valence-corrected chi connectivity index (χ4v) is 3.34.